The number of sulfonamides is 1. The maximum absolute atomic E-state index is 14.9. The van der Waals surface area contributed by atoms with Crippen LogP contribution in [0.15, 0.2) is 65.8 Å². The van der Waals surface area contributed by atoms with Gasteiger partial charge in [0.05, 0.1) is 11.9 Å². The van der Waals surface area contributed by atoms with Crippen LogP contribution in [0.5, 0.6) is 11.6 Å². The van der Waals surface area contributed by atoms with Crippen molar-refractivity contribution in [2.24, 2.45) is 13.0 Å². The third-order valence-corrected chi connectivity index (χ3v) is 9.42. The molecule has 9 nitrogen and oxygen atoms in total. The van der Waals surface area contributed by atoms with Crippen molar-refractivity contribution in [3.63, 3.8) is 0 Å². The van der Waals surface area contributed by atoms with E-state index in [0.717, 1.165) is 50.5 Å². The first-order valence-corrected chi connectivity index (χ1v) is 16.0. The summed E-state index contributed by atoms with van der Waals surface area (Å²) in [5.74, 6) is -0.456. The number of benzene rings is 2. The van der Waals surface area contributed by atoms with Crippen LogP contribution in [-0.4, -0.2) is 53.2 Å². The summed E-state index contributed by atoms with van der Waals surface area (Å²) in [5.41, 5.74) is 0.394. The number of nitrogens with zero attached hydrogens (tertiary/aromatic N) is 5. The average molecular weight is 627 g/mol. The lowest BCUT2D eigenvalue weighted by Gasteiger charge is -2.29. The first-order chi connectivity index (χ1) is 21.0. The fourth-order valence-corrected chi connectivity index (χ4v) is 6.48. The van der Waals surface area contributed by atoms with E-state index in [-0.39, 0.29) is 16.2 Å². The first kappa shape index (κ1) is 30.1. The molecule has 1 N–H and O–H groups in total. The molecule has 1 aliphatic carbocycles. The van der Waals surface area contributed by atoms with E-state index in [0.29, 0.717) is 23.8 Å². The molecule has 0 radical (unpaired) electrons. The van der Waals surface area contributed by atoms with Crippen molar-refractivity contribution in [1.29, 1.82) is 0 Å². The largest absolute Gasteiger partial charge is 0.438 e. The zero-order valence-electron chi connectivity index (χ0n) is 24.4. The Hall–Kier alpha value is -3.97. The molecule has 0 unspecified atom stereocenters. The molecule has 2 aliphatic rings. The normalized spacial score (nSPS) is 16.7. The Balaban J connectivity index is 1.43. The number of halogens is 3. The molecule has 6 rings (SSSR count). The minimum atomic E-state index is -4.91. The van der Waals surface area contributed by atoms with Crippen LogP contribution in [-0.2, 0) is 29.7 Å². The van der Waals surface area contributed by atoms with E-state index in [1.54, 1.807) is 43.4 Å². The molecule has 232 valence electrons. The molecule has 0 bridgehead atoms. The highest BCUT2D eigenvalue weighted by molar-refractivity contribution is 7.92. The van der Waals surface area contributed by atoms with Crippen LogP contribution >= 0.6 is 0 Å². The van der Waals surface area contributed by atoms with Gasteiger partial charge < -0.3 is 9.64 Å². The van der Waals surface area contributed by atoms with Crippen LogP contribution < -0.4 is 9.46 Å². The van der Waals surface area contributed by atoms with Gasteiger partial charge >= 0.3 is 6.18 Å². The summed E-state index contributed by atoms with van der Waals surface area (Å²) < 4.78 is 80.2. The van der Waals surface area contributed by atoms with Crippen molar-refractivity contribution < 1.29 is 26.3 Å². The minimum Gasteiger partial charge on any atom is -0.438 e. The molecule has 2 aromatic carbocycles. The van der Waals surface area contributed by atoms with Gasteiger partial charge in [0.25, 0.3) is 10.0 Å². The monoisotopic (exact) mass is 626 g/mol. The molecule has 0 atom stereocenters. The zero-order valence-corrected chi connectivity index (χ0v) is 25.2. The van der Waals surface area contributed by atoms with Gasteiger partial charge in [-0.3, -0.25) is 4.68 Å². The number of aryl methyl sites for hydroxylation is 1. The van der Waals surface area contributed by atoms with Crippen molar-refractivity contribution in [3.8, 4) is 22.9 Å². The van der Waals surface area contributed by atoms with Crippen molar-refractivity contribution in [2.45, 2.75) is 49.1 Å². The second-order valence-electron chi connectivity index (χ2n) is 11.6. The highest BCUT2D eigenvalue weighted by atomic mass is 32.2. The fraction of sp³-hybridized carbons (Fsp3) is 0.387. The number of rotatable bonds is 9. The number of anilines is 1. The number of alkyl halides is 3. The summed E-state index contributed by atoms with van der Waals surface area (Å²) in [7, 11) is -0.641. The molecule has 1 saturated heterocycles. The minimum absolute atomic E-state index is 0.143. The van der Waals surface area contributed by atoms with E-state index in [4.69, 9.17) is 4.74 Å². The Morgan fingerprint density at radius 3 is 2.32 bits per heavy atom. The Bertz CT molecular complexity index is 1750. The van der Waals surface area contributed by atoms with E-state index in [9.17, 15) is 21.6 Å². The van der Waals surface area contributed by atoms with Crippen molar-refractivity contribution in [3.05, 3.63) is 77.6 Å². The number of ether oxygens (including phenoxy) is 1. The van der Waals surface area contributed by atoms with Gasteiger partial charge in [-0.1, -0.05) is 36.4 Å². The van der Waals surface area contributed by atoms with Gasteiger partial charge in [-0.05, 0) is 87.3 Å². The third kappa shape index (κ3) is 6.73. The molecular formula is C31H33F3N6O3S. The van der Waals surface area contributed by atoms with Crippen molar-refractivity contribution in [2.75, 3.05) is 24.9 Å². The summed E-state index contributed by atoms with van der Waals surface area (Å²) in [6, 6.07) is 13.7. The Kier molecular flexibility index (Phi) is 8.10. The lowest BCUT2D eigenvalue weighted by atomic mass is 9.90. The van der Waals surface area contributed by atoms with Crippen molar-refractivity contribution in [1.82, 2.24) is 24.6 Å². The first-order valence-electron chi connectivity index (χ1n) is 14.5. The molecule has 1 saturated carbocycles. The summed E-state index contributed by atoms with van der Waals surface area (Å²) in [6.45, 7) is 1.95. The van der Waals surface area contributed by atoms with E-state index in [2.05, 4.69) is 31.7 Å². The SMILES string of the molecule is CN1CCC(c2ccc(Oc3nc(NS(=O)(=O)c4cnn(C)c4)nc(-c4ccccc4CC4CC4)c3C(F)(F)F)cc2)CC1. The highest BCUT2D eigenvalue weighted by Gasteiger charge is 2.41. The molecule has 2 fully saturated rings. The van der Waals surface area contributed by atoms with Crippen LogP contribution in [0.4, 0.5) is 19.1 Å². The van der Waals surface area contributed by atoms with Crippen LogP contribution in [0, 0.1) is 5.92 Å². The molecule has 4 aromatic rings. The van der Waals surface area contributed by atoms with E-state index in [1.165, 1.54) is 10.9 Å². The van der Waals surface area contributed by atoms with Gasteiger partial charge in [0.15, 0.2) is 0 Å². The lowest BCUT2D eigenvalue weighted by Crippen LogP contribution is -2.29. The van der Waals surface area contributed by atoms with Crippen molar-refractivity contribution >= 4 is 16.0 Å². The number of nitrogens with one attached hydrogen (secondary N) is 1. The molecule has 1 aliphatic heterocycles. The molecule has 3 heterocycles. The van der Waals surface area contributed by atoms with Gasteiger partial charge in [0.2, 0.25) is 11.8 Å². The Morgan fingerprint density at radius 1 is 0.977 bits per heavy atom. The number of aromatic nitrogens is 4. The fourth-order valence-electron chi connectivity index (χ4n) is 5.55. The quantitative estimate of drug-likeness (QED) is 0.234. The van der Waals surface area contributed by atoms with E-state index in [1.807, 2.05) is 12.1 Å². The van der Waals surface area contributed by atoms with Crippen LogP contribution in [0.2, 0.25) is 0 Å². The second kappa shape index (κ2) is 11.8. The van der Waals surface area contributed by atoms with Gasteiger partial charge in [-0.15, -0.1) is 0 Å². The Labute approximate surface area is 254 Å². The molecule has 0 spiro atoms. The van der Waals surface area contributed by atoms with Gasteiger partial charge in [-0.25, -0.2) is 18.1 Å². The molecular weight excluding hydrogens is 593 g/mol. The third-order valence-electron chi connectivity index (χ3n) is 8.14. The highest BCUT2D eigenvalue weighted by Crippen LogP contribution is 2.45. The van der Waals surface area contributed by atoms with Gasteiger partial charge in [0, 0.05) is 18.8 Å². The predicted octanol–water partition coefficient (Wildman–Crippen LogP) is 6.25. The number of likely N-dealkylation sites (tertiary alicyclic amines) is 1. The number of piperidine rings is 1. The predicted molar refractivity (Wildman–Crippen MR) is 159 cm³/mol. The van der Waals surface area contributed by atoms with Crippen LogP contribution in [0.3, 0.4) is 0 Å². The van der Waals surface area contributed by atoms with Crippen LogP contribution in [0.25, 0.3) is 11.3 Å². The summed E-state index contributed by atoms with van der Waals surface area (Å²) in [4.78, 5) is 10.2. The summed E-state index contributed by atoms with van der Waals surface area (Å²) in [6.07, 6.45) is 2.05. The van der Waals surface area contributed by atoms with Gasteiger partial charge in [0.1, 0.15) is 16.2 Å². The molecule has 0 amide bonds. The maximum atomic E-state index is 14.9. The summed E-state index contributed by atoms with van der Waals surface area (Å²) in [5, 5.41) is 3.88. The number of hydrogen-bond acceptors (Lipinski definition) is 7. The molecule has 13 heteroatoms. The topological polar surface area (TPSA) is 102 Å². The lowest BCUT2D eigenvalue weighted by molar-refractivity contribution is -0.138. The van der Waals surface area contributed by atoms with Gasteiger partial charge in [-0.2, -0.15) is 23.3 Å². The zero-order chi connectivity index (χ0) is 31.1. The maximum Gasteiger partial charge on any atom is 0.423 e. The van der Waals surface area contributed by atoms with E-state index >= 15 is 0 Å². The second-order valence-corrected chi connectivity index (χ2v) is 13.3. The molecule has 44 heavy (non-hydrogen) atoms. The Morgan fingerprint density at radius 2 is 1.68 bits per heavy atom. The number of hydrogen-bond donors (Lipinski definition) is 1. The smallest absolute Gasteiger partial charge is 0.423 e. The van der Waals surface area contributed by atoms with E-state index < -0.39 is 39.3 Å². The standard InChI is InChI=1S/C31H33F3N6O3S/c1-39-15-13-22(14-16-39)21-9-11-24(12-10-21)43-29-27(31(32,33)34)28(26-6-4-3-5-23(26)17-20-7-8-20)36-30(37-29)38-44(41,42)25-18-35-40(2)19-25/h3-6,9-12,18-20,22H,7-8,13-17H2,1-2H3,(H,36,37,38). The van der Waals surface area contributed by atoms with Crippen LogP contribution in [0.1, 0.15) is 48.3 Å². The average Bonchev–Trinajstić information content (AvgIpc) is 3.68. The molecule has 2 aromatic heterocycles. The summed E-state index contributed by atoms with van der Waals surface area (Å²) >= 11 is 0.